The maximum Gasteiger partial charge on any atom is 0.237 e. The highest BCUT2D eigenvalue weighted by molar-refractivity contribution is 5.81. The number of amides is 1. The Labute approximate surface area is 116 Å². The van der Waals surface area contributed by atoms with Gasteiger partial charge >= 0.3 is 0 Å². The van der Waals surface area contributed by atoms with Crippen LogP contribution in [-0.2, 0) is 11.3 Å². The summed E-state index contributed by atoms with van der Waals surface area (Å²) in [6.45, 7) is 9.02. The van der Waals surface area contributed by atoms with Crippen molar-refractivity contribution in [2.75, 3.05) is 0 Å². The minimum absolute atomic E-state index is 0.0679. The molecule has 0 aliphatic rings. The number of carbonyl (C=O) groups is 1. The predicted molar refractivity (Wildman–Crippen MR) is 79.8 cm³/mol. The molecule has 1 aromatic rings. The topological polar surface area (TPSA) is 55.1 Å². The zero-order chi connectivity index (χ0) is 14.4. The van der Waals surface area contributed by atoms with E-state index in [2.05, 4.69) is 57.3 Å². The van der Waals surface area contributed by atoms with E-state index < -0.39 is 6.04 Å². The second-order valence-electron chi connectivity index (χ2n) is 5.85. The fraction of sp³-hybridized carbons (Fsp3) is 0.562. The SMILES string of the molecule is CC(C)C[C@@H](N)C(=O)NCc1ccc(C(C)C)cc1. The molecule has 0 aliphatic heterocycles. The Balaban J connectivity index is 2.46. The van der Waals surface area contributed by atoms with Crippen LogP contribution >= 0.6 is 0 Å². The average molecular weight is 262 g/mol. The van der Waals surface area contributed by atoms with E-state index in [-0.39, 0.29) is 5.91 Å². The lowest BCUT2D eigenvalue weighted by Gasteiger charge is -2.14. The summed E-state index contributed by atoms with van der Waals surface area (Å²) >= 11 is 0. The van der Waals surface area contributed by atoms with Crippen LogP contribution in [0.2, 0.25) is 0 Å². The number of nitrogens with two attached hydrogens (primary N) is 1. The van der Waals surface area contributed by atoms with Gasteiger partial charge in [-0.1, -0.05) is 52.0 Å². The average Bonchev–Trinajstić information content (AvgIpc) is 2.35. The highest BCUT2D eigenvalue weighted by Crippen LogP contribution is 2.14. The summed E-state index contributed by atoms with van der Waals surface area (Å²) < 4.78 is 0. The van der Waals surface area contributed by atoms with Crippen LogP contribution in [-0.4, -0.2) is 11.9 Å². The highest BCUT2D eigenvalue weighted by atomic mass is 16.2. The van der Waals surface area contributed by atoms with E-state index in [1.54, 1.807) is 0 Å². The Morgan fingerprint density at radius 1 is 1.16 bits per heavy atom. The van der Waals surface area contributed by atoms with Gasteiger partial charge in [0.25, 0.3) is 0 Å². The van der Waals surface area contributed by atoms with Gasteiger partial charge in [-0.3, -0.25) is 4.79 Å². The first kappa shape index (κ1) is 15.7. The summed E-state index contributed by atoms with van der Waals surface area (Å²) in [5.41, 5.74) is 8.25. The summed E-state index contributed by atoms with van der Waals surface area (Å²) in [6, 6.07) is 7.93. The van der Waals surface area contributed by atoms with Crippen LogP contribution in [0.5, 0.6) is 0 Å². The fourth-order valence-corrected chi connectivity index (χ4v) is 1.96. The number of nitrogens with one attached hydrogen (secondary N) is 1. The molecule has 106 valence electrons. The molecule has 0 fully saturated rings. The van der Waals surface area contributed by atoms with Gasteiger partial charge in [0.15, 0.2) is 0 Å². The van der Waals surface area contributed by atoms with Crippen LogP contribution in [0, 0.1) is 5.92 Å². The van der Waals surface area contributed by atoms with Gasteiger partial charge in [0.1, 0.15) is 0 Å². The lowest BCUT2D eigenvalue weighted by Crippen LogP contribution is -2.41. The fourth-order valence-electron chi connectivity index (χ4n) is 1.96. The lowest BCUT2D eigenvalue weighted by molar-refractivity contribution is -0.122. The van der Waals surface area contributed by atoms with Gasteiger partial charge in [0.05, 0.1) is 6.04 Å². The van der Waals surface area contributed by atoms with Crippen molar-refractivity contribution in [3.05, 3.63) is 35.4 Å². The van der Waals surface area contributed by atoms with Crippen molar-refractivity contribution in [2.24, 2.45) is 11.7 Å². The zero-order valence-electron chi connectivity index (χ0n) is 12.4. The molecule has 0 bridgehead atoms. The summed E-state index contributed by atoms with van der Waals surface area (Å²) in [7, 11) is 0. The van der Waals surface area contributed by atoms with E-state index in [4.69, 9.17) is 5.73 Å². The predicted octanol–water partition coefficient (Wildman–Crippen LogP) is 2.80. The smallest absolute Gasteiger partial charge is 0.237 e. The van der Waals surface area contributed by atoms with Crippen LogP contribution in [0.4, 0.5) is 0 Å². The molecule has 0 unspecified atom stereocenters. The molecule has 1 aromatic carbocycles. The van der Waals surface area contributed by atoms with E-state index >= 15 is 0 Å². The molecule has 0 radical (unpaired) electrons. The van der Waals surface area contributed by atoms with E-state index in [1.165, 1.54) is 5.56 Å². The van der Waals surface area contributed by atoms with Crippen molar-refractivity contribution in [3.8, 4) is 0 Å². The molecular formula is C16H26N2O. The van der Waals surface area contributed by atoms with Gasteiger partial charge in [-0.05, 0) is 29.4 Å². The molecule has 0 spiro atoms. The number of carbonyl (C=O) groups excluding carboxylic acids is 1. The number of benzene rings is 1. The van der Waals surface area contributed by atoms with Crippen molar-refractivity contribution >= 4 is 5.91 Å². The van der Waals surface area contributed by atoms with Crippen molar-refractivity contribution < 1.29 is 4.79 Å². The van der Waals surface area contributed by atoms with Crippen LogP contribution in [0.1, 0.15) is 51.2 Å². The normalized spacial score (nSPS) is 12.8. The molecule has 3 N–H and O–H groups in total. The molecular weight excluding hydrogens is 236 g/mol. The van der Waals surface area contributed by atoms with Gasteiger partial charge in [0.2, 0.25) is 5.91 Å². The number of rotatable bonds is 6. The van der Waals surface area contributed by atoms with Crippen LogP contribution in [0.3, 0.4) is 0 Å². The second kappa shape index (κ2) is 7.29. The third kappa shape index (κ3) is 5.43. The van der Waals surface area contributed by atoms with Gasteiger partial charge in [-0.15, -0.1) is 0 Å². The maximum absolute atomic E-state index is 11.8. The van der Waals surface area contributed by atoms with Crippen molar-refractivity contribution in [1.29, 1.82) is 0 Å². The number of hydrogen-bond donors (Lipinski definition) is 2. The molecule has 19 heavy (non-hydrogen) atoms. The molecule has 0 saturated carbocycles. The van der Waals surface area contributed by atoms with E-state index in [9.17, 15) is 4.79 Å². The van der Waals surface area contributed by atoms with Crippen molar-refractivity contribution in [1.82, 2.24) is 5.32 Å². The van der Waals surface area contributed by atoms with E-state index in [1.807, 2.05) is 0 Å². The minimum atomic E-state index is -0.407. The largest absolute Gasteiger partial charge is 0.351 e. The van der Waals surface area contributed by atoms with E-state index in [0.717, 1.165) is 12.0 Å². The van der Waals surface area contributed by atoms with Gasteiger partial charge in [-0.25, -0.2) is 0 Å². The molecule has 0 aliphatic carbocycles. The summed E-state index contributed by atoms with van der Waals surface area (Å²) in [5, 5.41) is 2.89. The van der Waals surface area contributed by atoms with Gasteiger partial charge in [-0.2, -0.15) is 0 Å². The first-order chi connectivity index (χ1) is 8.90. The first-order valence-electron chi connectivity index (χ1n) is 7.02. The zero-order valence-corrected chi connectivity index (χ0v) is 12.4. The second-order valence-corrected chi connectivity index (χ2v) is 5.85. The highest BCUT2D eigenvalue weighted by Gasteiger charge is 2.14. The quantitative estimate of drug-likeness (QED) is 0.828. The molecule has 1 rings (SSSR count). The summed E-state index contributed by atoms with van der Waals surface area (Å²) in [4.78, 5) is 11.8. The summed E-state index contributed by atoms with van der Waals surface area (Å²) in [5.74, 6) is 0.899. The standard InChI is InChI=1S/C16H26N2O/c1-11(2)9-15(17)16(19)18-10-13-5-7-14(8-6-13)12(3)4/h5-8,11-12,15H,9-10,17H2,1-4H3,(H,18,19)/t15-/m1/s1. The molecule has 0 saturated heterocycles. The third-order valence-electron chi connectivity index (χ3n) is 3.18. The Bertz CT molecular complexity index is 396. The van der Waals surface area contributed by atoms with E-state index in [0.29, 0.717) is 18.4 Å². The first-order valence-corrected chi connectivity index (χ1v) is 7.02. The van der Waals surface area contributed by atoms with Gasteiger partial charge in [0, 0.05) is 6.54 Å². The molecule has 1 atom stereocenters. The van der Waals surface area contributed by atoms with Gasteiger partial charge < -0.3 is 11.1 Å². The van der Waals surface area contributed by atoms with Crippen molar-refractivity contribution in [3.63, 3.8) is 0 Å². The molecule has 1 amide bonds. The molecule has 3 heteroatoms. The third-order valence-corrected chi connectivity index (χ3v) is 3.18. The maximum atomic E-state index is 11.8. The monoisotopic (exact) mass is 262 g/mol. The molecule has 3 nitrogen and oxygen atoms in total. The van der Waals surface area contributed by atoms with Crippen LogP contribution in [0.25, 0.3) is 0 Å². The molecule has 0 aromatic heterocycles. The number of hydrogen-bond acceptors (Lipinski definition) is 2. The Morgan fingerprint density at radius 3 is 2.21 bits per heavy atom. The minimum Gasteiger partial charge on any atom is -0.351 e. The summed E-state index contributed by atoms with van der Waals surface area (Å²) in [6.07, 6.45) is 0.720. The Hall–Kier alpha value is -1.35. The lowest BCUT2D eigenvalue weighted by atomic mass is 10.0. The Morgan fingerprint density at radius 2 is 1.74 bits per heavy atom. The van der Waals surface area contributed by atoms with Crippen LogP contribution in [0.15, 0.2) is 24.3 Å². The Kier molecular flexibility index (Phi) is 6.03. The van der Waals surface area contributed by atoms with Crippen LogP contribution < -0.4 is 11.1 Å². The van der Waals surface area contributed by atoms with Crippen molar-refractivity contribution in [2.45, 2.75) is 52.6 Å². The molecule has 0 heterocycles.